The van der Waals surface area contributed by atoms with Gasteiger partial charge in [0.25, 0.3) is 0 Å². The number of nitrogens with one attached hydrogen (secondary N) is 1. The lowest BCUT2D eigenvalue weighted by molar-refractivity contribution is -0.118. The quantitative estimate of drug-likeness (QED) is 0.354. The zero-order valence-corrected chi connectivity index (χ0v) is 16.3. The first-order valence-electron chi connectivity index (χ1n) is 8.07. The average molecular weight is 390 g/mol. The maximum Gasteiger partial charge on any atom is 0.230 e. The maximum atomic E-state index is 12.0. The number of carbonyl (C=O) groups is 1. The van der Waals surface area contributed by atoms with Crippen LogP contribution >= 0.6 is 34.9 Å². The summed E-state index contributed by atoms with van der Waals surface area (Å²) < 4.78 is 0. The van der Waals surface area contributed by atoms with Gasteiger partial charge in [0.1, 0.15) is 16.2 Å². The van der Waals surface area contributed by atoms with Crippen molar-refractivity contribution in [3.63, 3.8) is 0 Å². The van der Waals surface area contributed by atoms with E-state index in [1.165, 1.54) is 21.5 Å². The molecule has 0 bridgehead atoms. The summed E-state index contributed by atoms with van der Waals surface area (Å²) in [7, 11) is 0. The Balaban J connectivity index is 1.45. The average Bonchev–Trinajstić information content (AvgIpc) is 3.08. The first-order chi connectivity index (χ1) is 12.3. The molecule has 0 unspecified atom stereocenters. The van der Waals surface area contributed by atoms with Gasteiger partial charge in [-0.05, 0) is 24.6 Å². The Bertz CT molecular complexity index is 836. The zero-order valence-electron chi connectivity index (χ0n) is 13.9. The Hall–Kier alpha value is -1.57. The summed E-state index contributed by atoms with van der Waals surface area (Å²) in [5.41, 5.74) is 0. The second-order valence-electron chi connectivity index (χ2n) is 5.26. The van der Waals surface area contributed by atoms with Crippen LogP contribution in [-0.2, 0) is 11.2 Å². The number of amides is 1. The molecule has 1 N–H and O–H groups in total. The molecule has 1 aromatic carbocycles. The number of fused-ring (bicyclic) bond motifs is 1. The standard InChI is InChI=1S/C18H19N3OS3/c1-2-13-10-15-17(20-12-21-18(15)25-13)24-11-16(22)19-8-9-23-14-6-4-3-5-7-14/h3-7,10,12H,2,8-9,11H2,1H3,(H,19,22). The van der Waals surface area contributed by atoms with Crippen LogP contribution in [0, 0.1) is 0 Å². The summed E-state index contributed by atoms with van der Waals surface area (Å²) in [4.78, 5) is 24.2. The first-order valence-corrected chi connectivity index (χ1v) is 10.9. The highest BCUT2D eigenvalue weighted by Crippen LogP contribution is 2.30. The molecule has 2 heterocycles. The molecule has 0 spiro atoms. The largest absolute Gasteiger partial charge is 0.355 e. The van der Waals surface area contributed by atoms with E-state index in [1.54, 1.807) is 29.4 Å². The van der Waals surface area contributed by atoms with Crippen LogP contribution in [0.5, 0.6) is 0 Å². The summed E-state index contributed by atoms with van der Waals surface area (Å²) >= 11 is 4.91. The van der Waals surface area contributed by atoms with E-state index < -0.39 is 0 Å². The van der Waals surface area contributed by atoms with E-state index >= 15 is 0 Å². The number of carbonyl (C=O) groups excluding carboxylic acids is 1. The summed E-state index contributed by atoms with van der Waals surface area (Å²) in [6.45, 7) is 2.79. The van der Waals surface area contributed by atoms with Crippen molar-refractivity contribution < 1.29 is 4.79 Å². The Labute approximate surface area is 159 Å². The maximum absolute atomic E-state index is 12.0. The predicted molar refractivity (Wildman–Crippen MR) is 108 cm³/mol. The Morgan fingerprint density at radius 1 is 1.20 bits per heavy atom. The molecule has 0 saturated heterocycles. The molecule has 0 radical (unpaired) electrons. The predicted octanol–water partition coefficient (Wildman–Crippen LogP) is 4.25. The van der Waals surface area contributed by atoms with Crippen LogP contribution in [0.25, 0.3) is 10.2 Å². The topological polar surface area (TPSA) is 54.9 Å². The number of hydrogen-bond acceptors (Lipinski definition) is 6. The second-order valence-corrected chi connectivity index (χ2v) is 8.51. The van der Waals surface area contributed by atoms with Crippen molar-refractivity contribution in [2.45, 2.75) is 23.3 Å². The van der Waals surface area contributed by atoms with Crippen molar-refractivity contribution in [3.05, 3.63) is 47.6 Å². The third-order valence-corrected chi connectivity index (χ3v) is 6.67. The zero-order chi connectivity index (χ0) is 17.5. The molecule has 3 aromatic rings. The van der Waals surface area contributed by atoms with Crippen LogP contribution < -0.4 is 5.32 Å². The van der Waals surface area contributed by atoms with Gasteiger partial charge in [-0.2, -0.15) is 0 Å². The van der Waals surface area contributed by atoms with Crippen LogP contribution in [0.1, 0.15) is 11.8 Å². The molecule has 0 aliphatic rings. The van der Waals surface area contributed by atoms with Gasteiger partial charge < -0.3 is 5.32 Å². The van der Waals surface area contributed by atoms with E-state index in [4.69, 9.17) is 0 Å². The molecule has 7 heteroatoms. The van der Waals surface area contributed by atoms with Crippen LogP contribution in [0.15, 0.2) is 52.6 Å². The lowest BCUT2D eigenvalue weighted by atomic mass is 10.3. The lowest BCUT2D eigenvalue weighted by Crippen LogP contribution is -2.27. The van der Waals surface area contributed by atoms with Crippen molar-refractivity contribution in [1.82, 2.24) is 15.3 Å². The van der Waals surface area contributed by atoms with E-state index in [-0.39, 0.29) is 5.91 Å². The number of aryl methyl sites for hydroxylation is 1. The van der Waals surface area contributed by atoms with Crippen LogP contribution in [0.3, 0.4) is 0 Å². The van der Waals surface area contributed by atoms with E-state index in [0.717, 1.165) is 27.4 Å². The van der Waals surface area contributed by atoms with E-state index in [9.17, 15) is 4.79 Å². The number of nitrogens with zero attached hydrogens (tertiary/aromatic N) is 2. The van der Waals surface area contributed by atoms with Gasteiger partial charge in [0.15, 0.2) is 0 Å². The van der Waals surface area contributed by atoms with Crippen LogP contribution in [-0.4, -0.2) is 33.9 Å². The molecule has 25 heavy (non-hydrogen) atoms. The minimum absolute atomic E-state index is 0.0383. The van der Waals surface area contributed by atoms with Crippen molar-refractivity contribution in [1.29, 1.82) is 0 Å². The molecule has 4 nitrogen and oxygen atoms in total. The fraction of sp³-hybridized carbons (Fsp3) is 0.278. The van der Waals surface area contributed by atoms with Gasteiger partial charge in [0, 0.05) is 27.5 Å². The molecule has 130 valence electrons. The SMILES string of the molecule is CCc1cc2c(SCC(=O)NCCSc3ccccc3)ncnc2s1. The van der Waals surface area contributed by atoms with Gasteiger partial charge in [-0.15, -0.1) is 23.1 Å². The van der Waals surface area contributed by atoms with Crippen molar-refractivity contribution >= 4 is 51.0 Å². The molecule has 3 rings (SSSR count). The second kappa shape index (κ2) is 9.22. The van der Waals surface area contributed by atoms with Gasteiger partial charge in [0.2, 0.25) is 5.91 Å². The highest BCUT2D eigenvalue weighted by Gasteiger charge is 2.10. The third-order valence-electron chi connectivity index (χ3n) is 3.47. The van der Waals surface area contributed by atoms with Gasteiger partial charge in [-0.25, -0.2) is 9.97 Å². The smallest absolute Gasteiger partial charge is 0.230 e. The summed E-state index contributed by atoms with van der Waals surface area (Å²) in [6.07, 6.45) is 2.57. The van der Waals surface area contributed by atoms with Crippen molar-refractivity contribution in [2.75, 3.05) is 18.1 Å². The summed E-state index contributed by atoms with van der Waals surface area (Å²) in [5, 5.41) is 4.91. The molecular formula is C18H19N3OS3. The van der Waals surface area contributed by atoms with Crippen molar-refractivity contribution in [2.24, 2.45) is 0 Å². The van der Waals surface area contributed by atoms with Crippen molar-refractivity contribution in [3.8, 4) is 0 Å². The highest BCUT2D eigenvalue weighted by molar-refractivity contribution is 8.00. The summed E-state index contributed by atoms with van der Waals surface area (Å²) in [6, 6.07) is 12.3. The van der Waals surface area contributed by atoms with Crippen LogP contribution in [0.2, 0.25) is 0 Å². The number of benzene rings is 1. The molecule has 0 saturated carbocycles. The van der Waals surface area contributed by atoms with Gasteiger partial charge in [-0.1, -0.05) is 36.9 Å². The molecule has 1 amide bonds. The van der Waals surface area contributed by atoms with Gasteiger partial charge >= 0.3 is 0 Å². The number of hydrogen-bond donors (Lipinski definition) is 1. The molecular weight excluding hydrogens is 370 g/mol. The fourth-order valence-corrected chi connectivity index (χ4v) is 4.83. The third kappa shape index (κ3) is 5.20. The Kier molecular flexibility index (Phi) is 6.72. The molecule has 2 aromatic heterocycles. The first kappa shape index (κ1) is 18.2. The van der Waals surface area contributed by atoms with E-state index in [0.29, 0.717) is 12.3 Å². The molecule has 0 aliphatic heterocycles. The summed E-state index contributed by atoms with van der Waals surface area (Å²) in [5.74, 6) is 1.28. The van der Waals surface area contributed by atoms with Gasteiger partial charge in [0.05, 0.1) is 5.75 Å². The van der Waals surface area contributed by atoms with Crippen LogP contribution in [0.4, 0.5) is 0 Å². The minimum Gasteiger partial charge on any atom is -0.355 e. The minimum atomic E-state index is 0.0383. The number of thiophene rings is 1. The van der Waals surface area contributed by atoms with Gasteiger partial charge in [-0.3, -0.25) is 4.79 Å². The Morgan fingerprint density at radius 2 is 2.04 bits per heavy atom. The fourth-order valence-electron chi connectivity index (χ4n) is 2.23. The Morgan fingerprint density at radius 3 is 2.84 bits per heavy atom. The molecule has 0 fully saturated rings. The normalized spacial score (nSPS) is 10.9. The lowest BCUT2D eigenvalue weighted by Gasteiger charge is -2.05. The van der Waals surface area contributed by atoms with E-state index in [2.05, 4.69) is 40.4 Å². The highest BCUT2D eigenvalue weighted by atomic mass is 32.2. The number of thioether (sulfide) groups is 2. The molecule has 0 atom stereocenters. The number of aromatic nitrogens is 2. The molecule has 0 aliphatic carbocycles. The van der Waals surface area contributed by atoms with E-state index in [1.807, 2.05) is 18.2 Å². The monoisotopic (exact) mass is 389 g/mol. The number of rotatable bonds is 8.